The molecule has 0 aliphatic heterocycles. The van der Waals surface area contributed by atoms with Gasteiger partial charge in [-0.25, -0.2) is 4.98 Å². The van der Waals surface area contributed by atoms with Crippen molar-refractivity contribution in [1.29, 1.82) is 0 Å². The third kappa shape index (κ3) is 0.603. The van der Waals surface area contributed by atoms with E-state index in [0.29, 0.717) is 0 Å². The summed E-state index contributed by atoms with van der Waals surface area (Å²) in [5, 5.41) is 7.58. The smallest absolute Gasteiger partial charge is 0.155 e. The molecule has 2 heterocycles. The Kier molecular flexibility index (Phi) is 0.974. The lowest BCUT2D eigenvalue weighted by Crippen LogP contribution is -1.77. The summed E-state index contributed by atoms with van der Waals surface area (Å²) in [7, 11) is 0. The zero-order valence-electron chi connectivity index (χ0n) is 5.33. The van der Waals surface area contributed by atoms with Gasteiger partial charge >= 0.3 is 0 Å². The number of nitrogens with zero attached hydrogens (tertiary/aromatic N) is 2. The predicted molar refractivity (Wildman–Crippen MR) is 38.3 cm³/mol. The lowest BCUT2D eigenvalue weighted by Gasteiger charge is -1.89. The van der Waals surface area contributed by atoms with E-state index in [2.05, 4.69) is 22.1 Å². The molecule has 0 bridgehead atoms. The number of nitrogens with one attached hydrogen (secondary N) is 1. The van der Waals surface area contributed by atoms with E-state index in [4.69, 9.17) is 0 Å². The Morgan fingerprint density at radius 2 is 2.40 bits per heavy atom. The minimum atomic E-state index is 0.799. The summed E-state index contributed by atoms with van der Waals surface area (Å²) in [6, 6.07) is 1.86. The first kappa shape index (κ1) is 5.41. The van der Waals surface area contributed by atoms with Crippen molar-refractivity contribution in [3.05, 3.63) is 30.9 Å². The third-order valence-electron chi connectivity index (χ3n) is 1.44. The van der Waals surface area contributed by atoms with Crippen LogP contribution in [0.2, 0.25) is 0 Å². The van der Waals surface area contributed by atoms with Crippen LogP contribution < -0.4 is 0 Å². The quantitative estimate of drug-likeness (QED) is 0.584. The Balaban J connectivity index is 2.95. The first-order chi connectivity index (χ1) is 4.88. The van der Waals surface area contributed by atoms with Gasteiger partial charge in [-0.15, -0.1) is 0 Å². The van der Waals surface area contributed by atoms with E-state index in [-0.39, 0.29) is 0 Å². The number of pyridine rings is 1. The summed E-state index contributed by atoms with van der Waals surface area (Å²) < 4.78 is 0. The van der Waals surface area contributed by atoms with Crippen molar-refractivity contribution in [1.82, 2.24) is 15.2 Å². The maximum absolute atomic E-state index is 4.04. The molecule has 1 N–H and O–H groups in total. The number of hydrogen-bond acceptors (Lipinski definition) is 2. The van der Waals surface area contributed by atoms with E-state index >= 15 is 0 Å². The van der Waals surface area contributed by atoms with Crippen molar-refractivity contribution in [3.63, 3.8) is 0 Å². The Bertz CT molecular complexity index is 350. The molecule has 0 atom stereocenters. The number of H-pyrrole nitrogens is 1. The number of hydrogen-bond donors (Lipinski definition) is 1. The Morgan fingerprint density at radius 1 is 1.50 bits per heavy atom. The highest BCUT2D eigenvalue weighted by Crippen LogP contribution is 2.10. The molecule has 49 valence electrons. The lowest BCUT2D eigenvalue weighted by atomic mass is 10.2. The van der Waals surface area contributed by atoms with Crippen LogP contribution in [0, 0.1) is 6.92 Å². The van der Waals surface area contributed by atoms with Crippen LogP contribution in [-0.2, 0) is 0 Å². The van der Waals surface area contributed by atoms with Gasteiger partial charge in [-0.05, 0) is 18.6 Å². The van der Waals surface area contributed by atoms with Crippen LogP contribution in [0.4, 0.5) is 0 Å². The van der Waals surface area contributed by atoms with Gasteiger partial charge in [0, 0.05) is 11.6 Å². The highest BCUT2D eigenvalue weighted by Gasteiger charge is 1.96. The predicted octanol–water partition coefficient (Wildman–Crippen LogP) is 1.14. The van der Waals surface area contributed by atoms with Crippen molar-refractivity contribution >= 4 is 11.0 Å². The molecule has 0 saturated carbocycles. The summed E-state index contributed by atoms with van der Waals surface area (Å²) in [5.74, 6) is 0. The molecule has 0 spiro atoms. The van der Waals surface area contributed by atoms with E-state index in [1.54, 1.807) is 12.4 Å². The van der Waals surface area contributed by atoms with Gasteiger partial charge in [0.15, 0.2) is 5.65 Å². The average Bonchev–Trinajstić information content (AvgIpc) is 2.36. The molecule has 0 aliphatic rings. The van der Waals surface area contributed by atoms with Crippen LogP contribution in [0.5, 0.6) is 0 Å². The molecule has 2 rings (SSSR count). The van der Waals surface area contributed by atoms with Gasteiger partial charge in [-0.3, -0.25) is 5.10 Å². The topological polar surface area (TPSA) is 41.6 Å². The van der Waals surface area contributed by atoms with Crippen molar-refractivity contribution in [2.24, 2.45) is 0 Å². The van der Waals surface area contributed by atoms with Crippen LogP contribution in [-0.4, -0.2) is 15.2 Å². The largest absolute Gasteiger partial charge is 0.261 e. The zero-order chi connectivity index (χ0) is 6.97. The number of aromatic amines is 1. The molecule has 3 nitrogen and oxygen atoms in total. The normalized spacial score (nSPS) is 10.5. The first-order valence-electron chi connectivity index (χ1n) is 2.98. The number of aromatic nitrogens is 3. The molecule has 0 aromatic carbocycles. The molecule has 2 aromatic rings. The van der Waals surface area contributed by atoms with Crippen molar-refractivity contribution in [3.8, 4) is 0 Å². The standard InChI is InChI=1S/C7H6N3/c1-5-2-3-8-7-6(5)4-9-10-7/h2-4H,1H2,(H,8,9,10). The maximum atomic E-state index is 4.04. The summed E-state index contributed by atoms with van der Waals surface area (Å²) in [5.41, 5.74) is 1.76. The van der Waals surface area contributed by atoms with E-state index in [0.717, 1.165) is 16.6 Å². The van der Waals surface area contributed by atoms with Crippen LogP contribution in [0.1, 0.15) is 5.56 Å². The van der Waals surface area contributed by atoms with E-state index < -0.39 is 0 Å². The highest BCUT2D eigenvalue weighted by atomic mass is 15.1. The van der Waals surface area contributed by atoms with Gasteiger partial charge < -0.3 is 0 Å². The molecule has 3 heteroatoms. The SMILES string of the molecule is [CH2]c1ccnc2[nH]ncc12. The molecule has 10 heavy (non-hydrogen) atoms. The minimum absolute atomic E-state index is 0.799. The van der Waals surface area contributed by atoms with Crippen LogP contribution in [0.25, 0.3) is 11.0 Å². The fourth-order valence-electron chi connectivity index (χ4n) is 0.904. The second-order valence-electron chi connectivity index (χ2n) is 2.10. The van der Waals surface area contributed by atoms with E-state index in [1.807, 2.05) is 6.07 Å². The Hall–Kier alpha value is -1.38. The average molecular weight is 132 g/mol. The first-order valence-corrected chi connectivity index (χ1v) is 2.98. The van der Waals surface area contributed by atoms with Crippen molar-refractivity contribution in [2.75, 3.05) is 0 Å². The fourth-order valence-corrected chi connectivity index (χ4v) is 0.904. The molecule has 0 amide bonds. The highest BCUT2D eigenvalue weighted by molar-refractivity contribution is 5.78. The summed E-state index contributed by atoms with van der Waals surface area (Å²) in [6.07, 6.45) is 3.44. The minimum Gasteiger partial charge on any atom is -0.261 e. The van der Waals surface area contributed by atoms with Crippen LogP contribution >= 0.6 is 0 Å². The second kappa shape index (κ2) is 1.80. The summed E-state index contributed by atoms with van der Waals surface area (Å²) in [6.45, 7) is 3.82. The molecule has 2 aromatic heterocycles. The van der Waals surface area contributed by atoms with E-state index in [1.165, 1.54) is 0 Å². The second-order valence-corrected chi connectivity index (χ2v) is 2.10. The lowest BCUT2D eigenvalue weighted by molar-refractivity contribution is 1.10. The van der Waals surface area contributed by atoms with Crippen molar-refractivity contribution < 1.29 is 0 Å². The van der Waals surface area contributed by atoms with E-state index in [9.17, 15) is 0 Å². The maximum Gasteiger partial charge on any atom is 0.155 e. The fraction of sp³-hybridized carbons (Fsp3) is 0. The van der Waals surface area contributed by atoms with Crippen LogP contribution in [0.15, 0.2) is 18.5 Å². The Morgan fingerprint density at radius 3 is 3.20 bits per heavy atom. The summed E-state index contributed by atoms with van der Waals surface area (Å²) in [4.78, 5) is 4.04. The van der Waals surface area contributed by atoms with Crippen LogP contribution in [0.3, 0.4) is 0 Å². The summed E-state index contributed by atoms with van der Waals surface area (Å²) >= 11 is 0. The number of fused-ring (bicyclic) bond motifs is 1. The zero-order valence-corrected chi connectivity index (χ0v) is 5.33. The molecule has 0 aliphatic carbocycles. The van der Waals surface area contributed by atoms with Gasteiger partial charge in [0.25, 0.3) is 0 Å². The molecule has 0 unspecified atom stereocenters. The van der Waals surface area contributed by atoms with Gasteiger partial charge in [-0.2, -0.15) is 5.10 Å². The molecular formula is C7H6N3. The third-order valence-corrected chi connectivity index (χ3v) is 1.44. The number of rotatable bonds is 0. The molecule has 1 radical (unpaired) electrons. The molecule has 0 saturated heterocycles. The van der Waals surface area contributed by atoms with Gasteiger partial charge in [0.05, 0.1) is 6.20 Å². The van der Waals surface area contributed by atoms with Crippen molar-refractivity contribution in [2.45, 2.75) is 0 Å². The monoisotopic (exact) mass is 132 g/mol. The Labute approximate surface area is 58.1 Å². The van der Waals surface area contributed by atoms with Gasteiger partial charge in [0.1, 0.15) is 0 Å². The van der Waals surface area contributed by atoms with Gasteiger partial charge in [0.2, 0.25) is 0 Å². The molecule has 0 fully saturated rings. The van der Waals surface area contributed by atoms with Gasteiger partial charge in [-0.1, -0.05) is 0 Å². The molecular weight excluding hydrogens is 126 g/mol.